The molecule has 0 radical (unpaired) electrons. The van der Waals surface area contributed by atoms with E-state index in [1.807, 2.05) is 4.90 Å². The molecule has 2 rings (SSSR count). The quantitative estimate of drug-likeness (QED) is 0.624. The van der Waals surface area contributed by atoms with Crippen LogP contribution < -0.4 is 0 Å². The average Bonchev–Trinajstić information content (AvgIpc) is 2.59. The first-order chi connectivity index (χ1) is 7.38. The number of carbonyl (C=O) groups is 1. The van der Waals surface area contributed by atoms with Gasteiger partial charge in [0, 0.05) is 12.6 Å². The van der Waals surface area contributed by atoms with Crippen molar-refractivity contribution in [1.29, 1.82) is 0 Å². The Balaban J connectivity index is 1.95. The number of amides is 1. The van der Waals surface area contributed by atoms with Crippen molar-refractivity contribution >= 4 is 6.09 Å². The third-order valence-corrected chi connectivity index (χ3v) is 3.52. The minimum absolute atomic E-state index is 0.0700. The molecule has 1 aliphatic heterocycles. The molecule has 3 nitrogen and oxygen atoms in total. The van der Waals surface area contributed by atoms with E-state index in [2.05, 4.69) is 0 Å². The van der Waals surface area contributed by atoms with Gasteiger partial charge in [-0.3, -0.25) is 0 Å². The van der Waals surface area contributed by atoms with Crippen LogP contribution in [0.15, 0.2) is 0 Å². The molecule has 0 aromatic heterocycles. The molecule has 3 heteroatoms. The average molecular weight is 211 g/mol. The fraction of sp³-hybridized carbons (Fsp3) is 0.917. The second-order valence-electron chi connectivity index (χ2n) is 4.66. The van der Waals surface area contributed by atoms with Gasteiger partial charge < -0.3 is 9.64 Å². The smallest absolute Gasteiger partial charge is 0.410 e. The lowest BCUT2D eigenvalue weighted by atomic mass is 10.1. The predicted molar refractivity (Wildman–Crippen MR) is 58.8 cm³/mol. The molecular weight excluding hydrogens is 190 g/mol. The van der Waals surface area contributed by atoms with Gasteiger partial charge in [0.15, 0.2) is 0 Å². The van der Waals surface area contributed by atoms with Crippen molar-refractivity contribution in [3.8, 4) is 0 Å². The maximum atomic E-state index is 11.7. The number of hydrogen-bond acceptors (Lipinski definition) is 2. The minimum Gasteiger partial charge on any atom is -0.449 e. The Hall–Kier alpha value is -0.730. The molecule has 1 amide bonds. The molecule has 1 saturated carbocycles. The van der Waals surface area contributed by atoms with Crippen LogP contribution in [0.25, 0.3) is 0 Å². The topological polar surface area (TPSA) is 29.5 Å². The molecule has 15 heavy (non-hydrogen) atoms. The molecule has 0 spiro atoms. The highest BCUT2D eigenvalue weighted by molar-refractivity contribution is 5.68. The van der Waals surface area contributed by atoms with Gasteiger partial charge >= 0.3 is 6.09 Å². The van der Waals surface area contributed by atoms with Crippen LogP contribution in [0.3, 0.4) is 0 Å². The van der Waals surface area contributed by atoms with Crippen molar-refractivity contribution in [2.24, 2.45) is 0 Å². The van der Waals surface area contributed by atoms with Gasteiger partial charge in [-0.2, -0.15) is 0 Å². The molecule has 1 heterocycles. The van der Waals surface area contributed by atoms with Crippen LogP contribution in [0.1, 0.15) is 51.4 Å². The van der Waals surface area contributed by atoms with Crippen LogP contribution in [0.5, 0.6) is 0 Å². The summed E-state index contributed by atoms with van der Waals surface area (Å²) < 4.78 is 5.20. The van der Waals surface area contributed by atoms with Crippen molar-refractivity contribution < 1.29 is 9.53 Å². The molecular formula is C12H21NO2. The van der Waals surface area contributed by atoms with Crippen molar-refractivity contribution in [2.75, 3.05) is 13.2 Å². The zero-order valence-corrected chi connectivity index (χ0v) is 9.41. The van der Waals surface area contributed by atoms with E-state index in [1.54, 1.807) is 0 Å². The summed E-state index contributed by atoms with van der Waals surface area (Å²) in [5.41, 5.74) is 0. The van der Waals surface area contributed by atoms with Gasteiger partial charge in [0.2, 0.25) is 0 Å². The molecule has 0 N–H and O–H groups in total. The molecule has 0 aromatic rings. The lowest BCUT2D eigenvalue weighted by molar-refractivity contribution is 0.0968. The van der Waals surface area contributed by atoms with Gasteiger partial charge in [0.05, 0.1) is 6.61 Å². The molecule has 1 aliphatic carbocycles. The van der Waals surface area contributed by atoms with E-state index in [-0.39, 0.29) is 6.09 Å². The van der Waals surface area contributed by atoms with Crippen molar-refractivity contribution in [2.45, 2.75) is 57.4 Å². The Morgan fingerprint density at radius 1 is 1.00 bits per heavy atom. The van der Waals surface area contributed by atoms with E-state index in [0.717, 1.165) is 19.4 Å². The van der Waals surface area contributed by atoms with E-state index in [4.69, 9.17) is 4.74 Å². The van der Waals surface area contributed by atoms with Gasteiger partial charge in [0.1, 0.15) is 0 Å². The van der Waals surface area contributed by atoms with Gasteiger partial charge in [-0.25, -0.2) is 4.79 Å². The predicted octanol–water partition coefficient (Wildman–Crippen LogP) is 2.94. The second-order valence-corrected chi connectivity index (χ2v) is 4.66. The summed E-state index contributed by atoms with van der Waals surface area (Å²) >= 11 is 0. The van der Waals surface area contributed by atoms with Gasteiger partial charge in [-0.05, 0) is 25.7 Å². The first kappa shape index (κ1) is 10.8. The Morgan fingerprint density at radius 3 is 2.47 bits per heavy atom. The van der Waals surface area contributed by atoms with Crippen molar-refractivity contribution in [3.05, 3.63) is 0 Å². The zero-order valence-electron chi connectivity index (χ0n) is 9.41. The Morgan fingerprint density at radius 2 is 1.73 bits per heavy atom. The molecule has 0 bridgehead atoms. The van der Waals surface area contributed by atoms with E-state index < -0.39 is 0 Å². The summed E-state index contributed by atoms with van der Waals surface area (Å²) in [6, 6.07) is 0.457. The summed E-state index contributed by atoms with van der Waals surface area (Å²) in [5, 5.41) is 0. The molecule has 0 unspecified atom stereocenters. The largest absolute Gasteiger partial charge is 0.449 e. The monoisotopic (exact) mass is 211 g/mol. The summed E-state index contributed by atoms with van der Waals surface area (Å²) in [7, 11) is 0. The number of carbonyl (C=O) groups excluding carboxylic acids is 1. The fourth-order valence-electron chi connectivity index (χ4n) is 2.62. The van der Waals surface area contributed by atoms with Crippen LogP contribution in [0.4, 0.5) is 4.79 Å². The molecule has 2 fully saturated rings. The summed E-state index contributed by atoms with van der Waals surface area (Å²) in [4.78, 5) is 13.7. The van der Waals surface area contributed by atoms with Crippen LogP contribution in [0, 0.1) is 0 Å². The standard InChI is InChI=1S/C12H21NO2/c14-12-13(9-5-6-10-15-12)11-7-3-1-2-4-8-11/h11H,1-10H2. The van der Waals surface area contributed by atoms with E-state index in [0.29, 0.717) is 12.6 Å². The van der Waals surface area contributed by atoms with E-state index in [9.17, 15) is 4.79 Å². The minimum atomic E-state index is -0.0700. The summed E-state index contributed by atoms with van der Waals surface area (Å²) in [6.07, 6.45) is 9.61. The fourth-order valence-corrected chi connectivity index (χ4v) is 2.62. The van der Waals surface area contributed by atoms with Crippen molar-refractivity contribution in [3.63, 3.8) is 0 Å². The van der Waals surface area contributed by atoms with Gasteiger partial charge in [-0.15, -0.1) is 0 Å². The number of nitrogens with zero attached hydrogens (tertiary/aromatic N) is 1. The normalized spacial score (nSPS) is 25.6. The number of ether oxygens (including phenoxy) is 1. The number of hydrogen-bond donors (Lipinski definition) is 0. The van der Waals surface area contributed by atoms with Crippen LogP contribution in [-0.4, -0.2) is 30.2 Å². The van der Waals surface area contributed by atoms with Gasteiger partial charge in [-0.1, -0.05) is 25.7 Å². The third-order valence-electron chi connectivity index (χ3n) is 3.52. The van der Waals surface area contributed by atoms with Crippen LogP contribution >= 0.6 is 0 Å². The van der Waals surface area contributed by atoms with Gasteiger partial charge in [0.25, 0.3) is 0 Å². The Kier molecular flexibility index (Phi) is 3.87. The molecule has 0 aromatic carbocycles. The lowest BCUT2D eigenvalue weighted by Gasteiger charge is -2.28. The molecule has 86 valence electrons. The second kappa shape index (κ2) is 5.38. The SMILES string of the molecule is O=C1OCCCCN1C1CCCCCC1. The number of cyclic esters (lactones) is 1. The molecule has 1 saturated heterocycles. The number of rotatable bonds is 1. The van der Waals surface area contributed by atoms with Crippen LogP contribution in [-0.2, 0) is 4.74 Å². The van der Waals surface area contributed by atoms with Crippen LogP contribution in [0.2, 0.25) is 0 Å². The highest BCUT2D eigenvalue weighted by Gasteiger charge is 2.26. The van der Waals surface area contributed by atoms with E-state index >= 15 is 0 Å². The maximum absolute atomic E-state index is 11.7. The lowest BCUT2D eigenvalue weighted by Crippen LogP contribution is -2.39. The Labute approximate surface area is 91.8 Å². The highest BCUT2D eigenvalue weighted by Crippen LogP contribution is 2.23. The zero-order chi connectivity index (χ0) is 10.5. The summed E-state index contributed by atoms with van der Waals surface area (Å²) in [6.45, 7) is 1.52. The first-order valence-electron chi connectivity index (χ1n) is 6.31. The summed E-state index contributed by atoms with van der Waals surface area (Å²) in [5.74, 6) is 0. The highest BCUT2D eigenvalue weighted by atomic mass is 16.6. The Bertz CT molecular complexity index is 210. The third kappa shape index (κ3) is 2.86. The first-order valence-corrected chi connectivity index (χ1v) is 6.31. The maximum Gasteiger partial charge on any atom is 0.410 e. The molecule has 2 aliphatic rings. The van der Waals surface area contributed by atoms with E-state index in [1.165, 1.54) is 38.5 Å². The van der Waals surface area contributed by atoms with Crippen molar-refractivity contribution in [1.82, 2.24) is 4.90 Å². The molecule has 0 atom stereocenters.